The molecule has 3 aromatic rings. The van der Waals surface area contributed by atoms with E-state index in [0.29, 0.717) is 0 Å². The second-order valence-corrected chi connectivity index (χ2v) is 8.59. The molecule has 0 fully saturated rings. The summed E-state index contributed by atoms with van der Waals surface area (Å²) in [6.45, 7) is 1.79. The quantitative estimate of drug-likeness (QED) is 0.641. The van der Waals surface area contributed by atoms with Crippen LogP contribution in [0.3, 0.4) is 0 Å². The Bertz CT molecular complexity index is 934. The lowest BCUT2D eigenvalue weighted by molar-refractivity contribution is 0.0345. The number of hydrogen-bond acceptors (Lipinski definition) is 7. The van der Waals surface area contributed by atoms with Crippen molar-refractivity contribution in [1.82, 2.24) is 4.98 Å². The van der Waals surface area contributed by atoms with Crippen LogP contribution in [0, 0.1) is 0 Å². The van der Waals surface area contributed by atoms with Gasteiger partial charge in [0.25, 0.3) is 10.0 Å². The Morgan fingerprint density at radius 3 is 2.52 bits per heavy atom. The van der Waals surface area contributed by atoms with E-state index in [1.54, 1.807) is 12.3 Å². The number of hydrogen-bond donors (Lipinski definition) is 1. The predicted molar refractivity (Wildman–Crippen MR) is 97.5 cm³/mol. The van der Waals surface area contributed by atoms with Gasteiger partial charge in [0.2, 0.25) is 0 Å². The van der Waals surface area contributed by atoms with E-state index in [9.17, 15) is 13.2 Å². The summed E-state index contributed by atoms with van der Waals surface area (Å²) in [4.78, 5) is 17.1. The van der Waals surface area contributed by atoms with Crippen molar-refractivity contribution in [2.45, 2.75) is 17.9 Å². The van der Waals surface area contributed by atoms with Crippen molar-refractivity contribution in [2.75, 3.05) is 4.72 Å². The number of thiophene rings is 1. The second kappa shape index (κ2) is 7.34. The van der Waals surface area contributed by atoms with Gasteiger partial charge >= 0.3 is 5.97 Å². The first-order valence-electron chi connectivity index (χ1n) is 7.22. The third-order valence-electron chi connectivity index (χ3n) is 3.28. The van der Waals surface area contributed by atoms with Crippen LogP contribution in [0.15, 0.2) is 58.3 Å². The first-order chi connectivity index (χ1) is 12.0. The molecule has 2 aromatic heterocycles. The number of benzene rings is 1. The van der Waals surface area contributed by atoms with E-state index < -0.39 is 16.0 Å². The van der Waals surface area contributed by atoms with Gasteiger partial charge in [-0.25, -0.2) is 18.2 Å². The lowest BCUT2D eigenvalue weighted by Crippen LogP contribution is -2.13. The van der Waals surface area contributed by atoms with Crippen LogP contribution >= 0.6 is 22.7 Å². The SMILES string of the molecule is CC(OC(=O)c1ccc(S(=O)(=O)Nc2nccs2)cc1)c1cccs1. The Hall–Kier alpha value is -2.23. The number of ether oxygens (including phenoxy) is 1. The Kier molecular flexibility index (Phi) is 5.16. The van der Waals surface area contributed by atoms with Gasteiger partial charge in [-0.2, -0.15) is 0 Å². The number of nitrogens with one attached hydrogen (secondary N) is 1. The highest BCUT2D eigenvalue weighted by atomic mass is 32.2. The van der Waals surface area contributed by atoms with Crippen molar-refractivity contribution in [2.24, 2.45) is 0 Å². The average Bonchev–Trinajstić information content (AvgIpc) is 3.28. The number of carbonyl (C=O) groups excluding carboxylic acids is 1. The minimum absolute atomic E-state index is 0.0468. The van der Waals surface area contributed by atoms with E-state index in [2.05, 4.69) is 9.71 Å². The van der Waals surface area contributed by atoms with Gasteiger partial charge in [-0.05, 0) is 42.6 Å². The van der Waals surface area contributed by atoms with Crippen molar-refractivity contribution < 1.29 is 17.9 Å². The number of rotatable bonds is 6. The van der Waals surface area contributed by atoms with Crippen molar-refractivity contribution in [1.29, 1.82) is 0 Å². The van der Waals surface area contributed by atoms with E-state index in [0.717, 1.165) is 4.88 Å². The second-order valence-electron chi connectivity index (χ2n) is 5.03. The van der Waals surface area contributed by atoms with Crippen molar-refractivity contribution >= 4 is 43.8 Å². The van der Waals surface area contributed by atoms with Crippen LogP contribution in [0.25, 0.3) is 0 Å². The fourth-order valence-electron chi connectivity index (χ4n) is 2.03. The van der Waals surface area contributed by atoms with E-state index >= 15 is 0 Å². The molecule has 0 spiro atoms. The number of anilines is 1. The van der Waals surface area contributed by atoms with Crippen molar-refractivity contribution in [3.63, 3.8) is 0 Å². The average molecular weight is 394 g/mol. The molecule has 3 rings (SSSR count). The summed E-state index contributed by atoms with van der Waals surface area (Å²) in [5.41, 5.74) is 0.289. The Morgan fingerprint density at radius 2 is 1.92 bits per heavy atom. The number of esters is 1. The number of nitrogens with zero attached hydrogens (tertiary/aromatic N) is 1. The summed E-state index contributed by atoms with van der Waals surface area (Å²) in [5.74, 6) is -0.502. The maximum Gasteiger partial charge on any atom is 0.338 e. The topological polar surface area (TPSA) is 85.4 Å². The number of carbonyl (C=O) groups is 1. The lowest BCUT2D eigenvalue weighted by Gasteiger charge is -2.12. The fourth-order valence-corrected chi connectivity index (χ4v) is 4.53. The third kappa shape index (κ3) is 4.25. The molecule has 1 unspecified atom stereocenters. The maximum absolute atomic E-state index is 12.3. The molecule has 0 aliphatic carbocycles. The lowest BCUT2D eigenvalue weighted by atomic mass is 10.2. The van der Waals surface area contributed by atoms with Gasteiger partial charge < -0.3 is 4.74 Å². The highest BCUT2D eigenvalue weighted by molar-refractivity contribution is 7.93. The minimum atomic E-state index is -3.74. The molecule has 0 saturated heterocycles. The molecule has 25 heavy (non-hydrogen) atoms. The normalized spacial score (nSPS) is 12.5. The zero-order valence-corrected chi connectivity index (χ0v) is 15.5. The summed E-state index contributed by atoms with van der Waals surface area (Å²) in [6.07, 6.45) is 1.15. The van der Waals surface area contributed by atoms with E-state index in [1.807, 2.05) is 17.5 Å². The highest BCUT2D eigenvalue weighted by Crippen LogP contribution is 2.24. The zero-order valence-electron chi connectivity index (χ0n) is 13.1. The third-order valence-corrected chi connectivity index (χ3v) is 6.49. The monoisotopic (exact) mass is 394 g/mol. The van der Waals surface area contributed by atoms with Crippen LogP contribution in [0.1, 0.15) is 28.3 Å². The molecule has 1 aromatic carbocycles. The summed E-state index contributed by atoms with van der Waals surface area (Å²) < 4.78 is 32.3. The van der Waals surface area contributed by atoms with Gasteiger partial charge in [0.1, 0.15) is 6.10 Å². The van der Waals surface area contributed by atoms with Gasteiger partial charge in [0, 0.05) is 16.5 Å². The molecule has 2 heterocycles. The summed E-state index contributed by atoms with van der Waals surface area (Å²) >= 11 is 2.69. The van der Waals surface area contributed by atoms with Crippen LogP contribution in [-0.4, -0.2) is 19.4 Å². The molecule has 0 aliphatic rings. The van der Waals surface area contributed by atoms with E-state index in [4.69, 9.17) is 4.74 Å². The predicted octanol–water partition coefficient (Wildman–Crippen LogP) is 3.92. The Labute approximate surface area is 153 Å². The molecule has 0 saturated carbocycles. The molecule has 0 amide bonds. The van der Waals surface area contributed by atoms with Gasteiger partial charge in [-0.15, -0.1) is 22.7 Å². The van der Waals surface area contributed by atoms with Crippen molar-refractivity contribution in [3.8, 4) is 0 Å². The van der Waals surface area contributed by atoms with Crippen LogP contribution in [-0.2, 0) is 14.8 Å². The highest BCUT2D eigenvalue weighted by Gasteiger charge is 2.18. The zero-order chi connectivity index (χ0) is 17.9. The fraction of sp³-hybridized carbons (Fsp3) is 0.125. The van der Waals surface area contributed by atoms with Crippen LogP contribution in [0.4, 0.5) is 5.13 Å². The van der Waals surface area contributed by atoms with Gasteiger partial charge in [0.15, 0.2) is 5.13 Å². The van der Waals surface area contributed by atoms with Gasteiger partial charge in [-0.1, -0.05) is 6.07 Å². The van der Waals surface area contributed by atoms with E-state index in [-0.39, 0.29) is 21.7 Å². The van der Waals surface area contributed by atoms with E-state index in [1.165, 1.54) is 53.1 Å². The van der Waals surface area contributed by atoms with Gasteiger partial charge in [0.05, 0.1) is 10.5 Å². The van der Waals surface area contributed by atoms with Gasteiger partial charge in [-0.3, -0.25) is 4.72 Å². The number of aromatic nitrogens is 1. The molecule has 6 nitrogen and oxygen atoms in total. The number of sulfonamides is 1. The molecule has 0 aliphatic heterocycles. The molecular weight excluding hydrogens is 380 g/mol. The molecule has 1 N–H and O–H groups in total. The summed E-state index contributed by atoms with van der Waals surface area (Å²) in [5, 5.41) is 3.87. The summed E-state index contributed by atoms with van der Waals surface area (Å²) in [7, 11) is -3.74. The minimum Gasteiger partial charge on any atom is -0.453 e. The number of thiazole rings is 1. The van der Waals surface area contributed by atoms with Crippen LogP contribution in [0.2, 0.25) is 0 Å². The maximum atomic E-state index is 12.3. The van der Waals surface area contributed by atoms with Crippen LogP contribution in [0.5, 0.6) is 0 Å². The largest absolute Gasteiger partial charge is 0.453 e. The molecule has 0 radical (unpaired) electrons. The summed E-state index contributed by atoms with van der Waals surface area (Å²) in [6, 6.07) is 9.37. The first kappa shape index (κ1) is 17.6. The Balaban J connectivity index is 1.70. The Morgan fingerprint density at radius 1 is 1.16 bits per heavy atom. The smallest absolute Gasteiger partial charge is 0.338 e. The molecule has 9 heteroatoms. The molecule has 0 bridgehead atoms. The first-order valence-corrected chi connectivity index (χ1v) is 10.5. The molecular formula is C16H14N2O4S3. The molecule has 1 atom stereocenters. The standard InChI is InChI=1S/C16H14N2O4S3/c1-11(14-3-2-9-23-14)22-15(19)12-4-6-13(7-5-12)25(20,21)18-16-17-8-10-24-16/h2-11H,1H3,(H,17,18). The molecule has 130 valence electrons. The van der Waals surface area contributed by atoms with Crippen LogP contribution < -0.4 is 4.72 Å². The van der Waals surface area contributed by atoms with Crippen molar-refractivity contribution in [3.05, 3.63) is 63.8 Å².